The zero-order valence-electron chi connectivity index (χ0n) is 6.70. The van der Waals surface area contributed by atoms with Crippen LogP contribution >= 0.6 is 23.1 Å². The van der Waals surface area contributed by atoms with Crippen molar-refractivity contribution in [2.45, 2.75) is 0 Å². The summed E-state index contributed by atoms with van der Waals surface area (Å²) in [5, 5.41) is 0. The van der Waals surface area contributed by atoms with Crippen LogP contribution in [0, 0.1) is 0 Å². The first-order chi connectivity index (χ1) is 6.25. The maximum Gasteiger partial charge on any atom is 0.114 e. The predicted octanol–water partition coefficient (Wildman–Crippen LogP) is 3.05. The number of halogens is 1. The molecule has 0 spiro atoms. The summed E-state index contributed by atoms with van der Waals surface area (Å²) in [6, 6.07) is 9.42. The quantitative estimate of drug-likeness (QED) is 0.735. The van der Waals surface area contributed by atoms with Crippen molar-refractivity contribution in [3.8, 4) is 11.3 Å². The molecular weight excluding hydrogens is 204 g/mol. The number of aromatic nitrogens is 1. The molecule has 0 aliphatic rings. The van der Waals surface area contributed by atoms with Crippen LogP contribution in [0.4, 0.5) is 5.69 Å². The molecule has 13 heavy (non-hydrogen) atoms. The second-order valence-electron chi connectivity index (χ2n) is 2.64. The summed E-state index contributed by atoms with van der Waals surface area (Å²) in [6.45, 7) is 0. The van der Waals surface area contributed by atoms with Gasteiger partial charge in [0.1, 0.15) is 4.34 Å². The molecule has 0 unspecified atom stereocenters. The average Bonchev–Trinajstić information content (AvgIpc) is 2.52. The van der Waals surface area contributed by atoms with E-state index in [9.17, 15) is 0 Å². The second kappa shape index (κ2) is 3.36. The molecule has 1 aromatic heterocycles. The Hall–Kier alpha value is -1.06. The van der Waals surface area contributed by atoms with E-state index in [4.69, 9.17) is 17.3 Å². The molecule has 0 amide bonds. The maximum absolute atomic E-state index is 5.77. The number of nitrogen functional groups attached to an aromatic ring is 1. The molecule has 0 bridgehead atoms. The monoisotopic (exact) mass is 210 g/mol. The van der Waals surface area contributed by atoms with E-state index in [1.165, 1.54) is 11.5 Å². The van der Waals surface area contributed by atoms with Crippen molar-refractivity contribution < 1.29 is 0 Å². The lowest BCUT2D eigenvalue weighted by atomic mass is 10.1. The number of benzene rings is 1. The molecule has 0 aliphatic carbocycles. The summed E-state index contributed by atoms with van der Waals surface area (Å²) in [6.07, 6.45) is 0. The van der Waals surface area contributed by atoms with Crippen LogP contribution in [-0.2, 0) is 0 Å². The molecule has 0 atom stereocenters. The van der Waals surface area contributed by atoms with Gasteiger partial charge in [0.05, 0.1) is 5.69 Å². The molecule has 0 fully saturated rings. The van der Waals surface area contributed by atoms with Crippen LogP contribution in [0.25, 0.3) is 11.3 Å². The van der Waals surface area contributed by atoms with Crippen molar-refractivity contribution in [1.82, 2.24) is 4.37 Å². The molecule has 1 heterocycles. The van der Waals surface area contributed by atoms with Crippen molar-refractivity contribution in [3.63, 3.8) is 0 Å². The van der Waals surface area contributed by atoms with E-state index in [1.54, 1.807) is 0 Å². The Balaban J connectivity index is 2.46. The van der Waals surface area contributed by atoms with E-state index in [0.29, 0.717) is 4.34 Å². The number of rotatable bonds is 1. The van der Waals surface area contributed by atoms with E-state index in [-0.39, 0.29) is 0 Å². The predicted molar refractivity (Wildman–Crippen MR) is 57.0 cm³/mol. The van der Waals surface area contributed by atoms with Gasteiger partial charge in [-0.1, -0.05) is 23.7 Å². The van der Waals surface area contributed by atoms with Crippen LogP contribution in [-0.4, -0.2) is 4.37 Å². The van der Waals surface area contributed by atoms with Gasteiger partial charge < -0.3 is 5.73 Å². The van der Waals surface area contributed by atoms with Crippen molar-refractivity contribution in [2.75, 3.05) is 5.73 Å². The van der Waals surface area contributed by atoms with Crippen molar-refractivity contribution in [2.24, 2.45) is 0 Å². The third-order valence-electron chi connectivity index (χ3n) is 1.66. The highest BCUT2D eigenvalue weighted by molar-refractivity contribution is 7.10. The number of nitrogens with zero attached hydrogens (tertiary/aromatic N) is 1. The van der Waals surface area contributed by atoms with Crippen molar-refractivity contribution >= 4 is 28.8 Å². The summed E-state index contributed by atoms with van der Waals surface area (Å²) in [7, 11) is 0. The molecule has 2 N–H and O–H groups in total. The fraction of sp³-hybridized carbons (Fsp3) is 0. The molecule has 2 aromatic rings. The average molecular weight is 211 g/mol. The molecule has 4 heteroatoms. The minimum atomic E-state index is 0.692. The first kappa shape index (κ1) is 8.53. The van der Waals surface area contributed by atoms with Crippen LogP contribution in [0.5, 0.6) is 0 Å². The highest BCUT2D eigenvalue weighted by Crippen LogP contribution is 2.25. The summed E-state index contributed by atoms with van der Waals surface area (Å²) >= 11 is 7.05. The Bertz CT molecular complexity index is 425. The third kappa shape index (κ3) is 1.82. The van der Waals surface area contributed by atoms with Crippen LogP contribution < -0.4 is 5.73 Å². The Morgan fingerprint density at radius 1 is 1.31 bits per heavy atom. The number of hydrogen-bond donors (Lipinski definition) is 1. The van der Waals surface area contributed by atoms with E-state index in [0.717, 1.165) is 16.9 Å². The molecule has 0 aliphatic heterocycles. The fourth-order valence-electron chi connectivity index (χ4n) is 1.09. The van der Waals surface area contributed by atoms with Gasteiger partial charge in [0.2, 0.25) is 0 Å². The highest BCUT2D eigenvalue weighted by atomic mass is 35.5. The number of hydrogen-bond acceptors (Lipinski definition) is 3. The standard InChI is InChI=1S/C9H7ClN2S/c10-9-5-8(12-13-9)6-2-1-3-7(11)4-6/h1-5H,11H2. The summed E-state index contributed by atoms with van der Waals surface area (Å²) < 4.78 is 4.87. The maximum atomic E-state index is 5.77. The van der Waals surface area contributed by atoms with E-state index in [1.807, 2.05) is 30.3 Å². The van der Waals surface area contributed by atoms with Gasteiger partial charge in [-0.15, -0.1) is 0 Å². The van der Waals surface area contributed by atoms with Crippen molar-refractivity contribution in [1.29, 1.82) is 0 Å². The smallest absolute Gasteiger partial charge is 0.114 e. The van der Waals surface area contributed by atoms with E-state index in [2.05, 4.69) is 4.37 Å². The number of anilines is 1. The lowest BCUT2D eigenvalue weighted by molar-refractivity contribution is 1.52. The lowest BCUT2D eigenvalue weighted by Crippen LogP contribution is -1.84. The zero-order valence-corrected chi connectivity index (χ0v) is 8.27. The summed E-state index contributed by atoms with van der Waals surface area (Å²) in [4.78, 5) is 0. The van der Waals surface area contributed by atoms with Gasteiger partial charge in [-0.3, -0.25) is 0 Å². The SMILES string of the molecule is Nc1cccc(-c2cc(Cl)sn2)c1. The number of nitrogens with two attached hydrogens (primary N) is 1. The van der Waals surface area contributed by atoms with Gasteiger partial charge in [-0.2, -0.15) is 4.37 Å². The Kier molecular flexibility index (Phi) is 2.20. The van der Waals surface area contributed by atoms with E-state index >= 15 is 0 Å². The molecule has 2 rings (SSSR count). The van der Waals surface area contributed by atoms with Crippen LogP contribution in [0.2, 0.25) is 4.34 Å². The second-order valence-corrected chi connectivity index (χ2v) is 4.08. The normalized spacial score (nSPS) is 10.2. The first-order valence-corrected chi connectivity index (χ1v) is 4.89. The summed E-state index contributed by atoms with van der Waals surface area (Å²) in [5.41, 5.74) is 8.26. The Morgan fingerprint density at radius 2 is 2.15 bits per heavy atom. The zero-order chi connectivity index (χ0) is 9.26. The molecule has 0 saturated heterocycles. The van der Waals surface area contributed by atoms with Gasteiger partial charge in [-0.25, -0.2) is 0 Å². The molecule has 0 saturated carbocycles. The lowest BCUT2D eigenvalue weighted by Gasteiger charge is -1.96. The van der Waals surface area contributed by atoms with Gasteiger partial charge >= 0.3 is 0 Å². The molecule has 0 radical (unpaired) electrons. The van der Waals surface area contributed by atoms with Crippen LogP contribution in [0.15, 0.2) is 30.3 Å². The molecule has 2 nitrogen and oxygen atoms in total. The third-order valence-corrected chi connectivity index (χ3v) is 2.56. The summed E-state index contributed by atoms with van der Waals surface area (Å²) in [5.74, 6) is 0. The van der Waals surface area contributed by atoms with Gasteiger partial charge in [0.15, 0.2) is 0 Å². The van der Waals surface area contributed by atoms with E-state index < -0.39 is 0 Å². The van der Waals surface area contributed by atoms with Crippen LogP contribution in [0.1, 0.15) is 0 Å². The molecule has 1 aromatic carbocycles. The Morgan fingerprint density at radius 3 is 2.77 bits per heavy atom. The topological polar surface area (TPSA) is 38.9 Å². The van der Waals surface area contributed by atoms with Crippen LogP contribution in [0.3, 0.4) is 0 Å². The van der Waals surface area contributed by atoms with Crippen molar-refractivity contribution in [3.05, 3.63) is 34.7 Å². The molecule has 66 valence electrons. The minimum Gasteiger partial charge on any atom is -0.399 e. The largest absolute Gasteiger partial charge is 0.399 e. The van der Waals surface area contributed by atoms with Gasteiger partial charge in [0, 0.05) is 11.3 Å². The van der Waals surface area contributed by atoms with Gasteiger partial charge in [0.25, 0.3) is 0 Å². The first-order valence-electron chi connectivity index (χ1n) is 3.74. The molecular formula is C9H7ClN2S. The Labute approximate surface area is 85.1 Å². The minimum absolute atomic E-state index is 0.692. The van der Waals surface area contributed by atoms with Gasteiger partial charge in [-0.05, 0) is 29.7 Å². The highest BCUT2D eigenvalue weighted by Gasteiger charge is 2.02. The fourth-order valence-corrected chi connectivity index (χ4v) is 1.80.